The van der Waals surface area contributed by atoms with Gasteiger partial charge in [-0.25, -0.2) is 4.79 Å². The van der Waals surface area contributed by atoms with Crippen LogP contribution in [0.3, 0.4) is 0 Å². The molecule has 0 aromatic heterocycles. The van der Waals surface area contributed by atoms with E-state index < -0.39 is 5.97 Å². The third kappa shape index (κ3) is 4.04. The quantitative estimate of drug-likeness (QED) is 0.435. The smallest absolute Gasteiger partial charge is 0.333 e. The molecule has 0 fully saturated rings. The van der Waals surface area contributed by atoms with Gasteiger partial charge in [0.2, 0.25) is 0 Å². The van der Waals surface area contributed by atoms with Crippen molar-refractivity contribution in [3.63, 3.8) is 0 Å². The molecule has 0 N–H and O–H groups in total. The fraction of sp³-hybridized carbons (Fsp3) is 0.250. The van der Waals surface area contributed by atoms with Crippen LogP contribution in [0.2, 0.25) is 0 Å². The van der Waals surface area contributed by atoms with Crippen LogP contribution in [-0.4, -0.2) is 19.7 Å². The Hall–Kier alpha value is -1.97. The Kier molecular flexibility index (Phi) is 4.92. The minimum absolute atomic E-state index is 0.353. The zero-order valence-electron chi connectivity index (χ0n) is 9.30. The first-order valence-electron chi connectivity index (χ1n) is 4.90. The van der Waals surface area contributed by atoms with Crippen LogP contribution in [0.5, 0.6) is 11.5 Å². The van der Waals surface area contributed by atoms with Gasteiger partial charge in [0.15, 0.2) is 0 Å². The Morgan fingerprint density at radius 2 is 1.88 bits per heavy atom. The highest BCUT2D eigenvalue weighted by Gasteiger charge is 1.95. The number of hydrogen-bond acceptors (Lipinski definition) is 4. The number of ether oxygens (including phenoxy) is 3. The van der Waals surface area contributed by atoms with Crippen LogP contribution in [0.1, 0.15) is 6.92 Å². The molecule has 4 heteroatoms. The van der Waals surface area contributed by atoms with Gasteiger partial charge in [0, 0.05) is 0 Å². The monoisotopic (exact) mass is 222 g/mol. The fourth-order valence-corrected chi connectivity index (χ4v) is 1.01. The van der Waals surface area contributed by atoms with Gasteiger partial charge >= 0.3 is 5.97 Å². The third-order valence-corrected chi connectivity index (χ3v) is 1.75. The number of carbonyl (C=O) groups excluding carboxylic acids is 1. The van der Waals surface area contributed by atoms with Crippen LogP contribution in [0.15, 0.2) is 36.6 Å². The maximum absolute atomic E-state index is 10.9. The summed E-state index contributed by atoms with van der Waals surface area (Å²) in [6.07, 6.45) is 2.52. The van der Waals surface area contributed by atoms with E-state index in [9.17, 15) is 4.79 Å². The summed E-state index contributed by atoms with van der Waals surface area (Å²) in [5, 5.41) is 0. The lowest BCUT2D eigenvalue weighted by Gasteiger charge is -2.02. The van der Waals surface area contributed by atoms with Crippen LogP contribution < -0.4 is 9.47 Å². The highest BCUT2D eigenvalue weighted by atomic mass is 16.5. The van der Waals surface area contributed by atoms with E-state index in [4.69, 9.17) is 14.2 Å². The molecular weight excluding hydrogens is 208 g/mol. The zero-order valence-corrected chi connectivity index (χ0v) is 9.30. The molecule has 0 aliphatic heterocycles. The predicted octanol–water partition coefficient (Wildman–Crippen LogP) is 2.15. The van der Waals surface area contributed by atoms with Gasteiger partial charge in [-0.15, -0.1) is 0 Å². The number of carbonyl (C=O) groups is 1. The summed E-state index contributed by atoms with van der Waals surface area (Å²) in [6.45, 7) is 2.10. The van der Waals surface area contributed by atoms with Gasteiger partial charge in [-0.3, -0.25) is 0 Å². The molecule has 1 rings (SSSR count). The summed E-state index contributed by atoms with van der Waals surface area (Å²) in [6, 6.07) is 7.03. The average Bonchev–Trinajstić information content (AvgIpc) is 2.30. The van der Waals surface area contributed by atoms with Crippen molar-refractivity contribution in [3.8, 4) is 11.5 Å². The topological polar surface area (TPSA) is 44.8 Å². The Balaban J connectivity index is 2.45. The van der Waals surface area contributed by atoms with Crippen LogP contribution in [-0.2, 0) is 9.53 Å². The van der Waals surface area contributed by atoms with E-state index in [-0.39, 0.29) is 0 Å². The summed E-state index contributed by atoms with van der Waals surface area (Å²) < 4.78 is 14.9. The summed E-state index contributed by atoms with van der Waals surface area (Å²) in [5.41, 5.74) is 0. The van der Waals surface area contributed by atoms with Crippen LogP contribution in [0.25, 0.3) is 0 Å². The largest absolute Gasteiger partial charge is 0.497 e. The highest BCUT2D eigenvalue weighted by molar-refractivity contribution is 5.81. The molecule has 0 aliphatic carbocycles. The lowest BCUT2D eigenvalue weighted by atomic mass is 10.3. The van der Waals surface area contributed by atoms with Crippen molar-refractivity contribution in [2.24, 2.45) is 0 Å². The molecule has 0 atom stereocenters. The van der Waals surface area contributed by atoms with E-state index >= 15 is 0 Å². The normalized spacial score (nSPS) is 10.1. The van der Waals surface area contributed by atoms with Crippen molar-refractivity contribution in [1.82, 2.24) is 0 Å². The van der Waals surface area contributed by atoms with Gasteiger partial charge in [-0.05, 0) is 31.2 Å². The number of esters is 1. The van der Waals surface area contributed by atoms with Crippen molar-refractivity contribution in [3.05, 3.63) is 36.6 Å². The molecule has 0 bridgehead atoms. The first-order chi connectivity index (χ1) is 7.76. The van der Waals surface area contributed by atoms with E-state index in [0.717, 1.165) is 5.75 Å². The van der Waals surface area contributed by atoms with Gasteiger partial charge in [-0.1, -0.05) is 0 Å². The summed E-state index contributed by atoms with van der Waals surface area (Å²) in [4.78, 5) is 10.9. The zero-order chi connectivity index (χ0) is 11.8. The van der Waals surface area contributed by atoms with E-state index in [2.05, 4.69) is 0 Å². The van der Waals surface area contributed by atoms with E-state index in [1.807, 2.05) is 0 Å². The second-order valence-electron chi connectivity index (χ2n) is 2.85. The van der Waals surface area contributed by atoms with E-state index in [1.54, 1.807) is 38.3 Å². The molecule has 0 amide bonds. The second-order valence-corrected chi connectivity index (χ2v) is 2.85. The first-order valence-corrected chi connectivity index (χ1v) is 4.90. The lowest BCUT2D eigenvalue weighted by molar-refractivity contribution is -0.137. The molecule has 0 saturated heterocycles. The Morgan fingerprint density at radius 3 is 2.44 bits per heavy atom. The Morgan fingerprint density at radius 1 is 1.25 bits per heavy atom. The first kappa shape index (κ1) is 12.1. The molecular formula is C12H14O4. The lowest BCUT2D eigenvalue weighted by Crippen LogP contribution is -1.99. The van der Waals surface area contributed by atoms with Crippen LogP contribution in [0, 0.1) is 0 Å². The van der Waals surface area contributed by atoms with Crippen molar-refractivity contribution >= 4 is 5.97 Å². The predicted molar refractivity (Wildman–Crippen MR) is 59.4 cm³/mol. The molecule has 1 aromatic rings. The minimum Gasteiger partial charge on any atom is -0.497 e. The molecule has 0 aliphatic rings. The van der Waals surface area contributed by atoms with Crippen LogP contribution >= 0.6 is 0 Å². The van der Waals surface area contributed by atoms with Gasteiger partial charge in [0.25, 0.3) is 0 Å². The van der Waals surface area contributed by atoms with Gasteiger partial charge in [0.05, 0.1) is 26.1 Å². The van der Waals surface area contributed by atoms with Gasteiger partial charge in [-0.2, -0.15) is 0 Å². The van der Waals surface area contributed by atoms with Crippen molar-refractivity contribution in [1.29, 1.82) is 0 Å². The van der Waals surface area contributed by atoms with Crippen molar-refractivity contribution < 1.29 is 19.0 Å². The molecule has 0 heterocycles. The minimum atomic E-state index is -0.420. The molecule has 4 nitrogen and oxygen atoms in total. The average molecular weight is 222 g/mol. The standard InChI is InChI=1S/C12H14O4/c1-3-15-12(13)8-9-16-11-6-4-10(14-2)5-7-11/h4-9H,3H2,1-2H3/b9-8+. The third-order valence-electron chi connectivity index (χ3n) is 1.75. The summed E-state index contributed by atoms with van der Waals surface area (Å²) in [5.74, 6) is 0.957. The van der Waals surface area contributed by atoms with Crippen LogP contribution in [0.4, 0.5) is 0 Å². The molecule has 1 aromatic carbocycles. The summed E-state index contributed by atoms with van der Waals surface area (Å²) in [7, 11) is 1.59. The molecule has 0 saturated carbocycles. The molecule has 0 radical (unpaired) electrons. The Labute approximate surface area is 94.4 Å². The SMILES string of the molecule is CCOC(=O)/C=C/Oc1ccc(OC)cc1. The maximum atomic E-state index is 10.9. The second kappa shape index (κ2) is 6.50. The number of benzene rings is 1. The molecule has 0 spiro atoms. The maximum Gasteiger partial charge on any atom is 0.333 e. The van der Waals surface area contributed by atoms with E-state index in [1.165, 1.54) is 12.3 Å². The highest BCUT2D eigenvalue weighted by Crippen LogP contribution is 2.16. The van der Waals surface area contributed by atoms with E-state index in [0.29, 0.717) is 12.4 Å². The summed E-state index contributed by atoms with van der Waals surface area (Å²) >= 11 is 0. The van der Waals surface area contributed by atoms with Crippen molar-refractivity contribution in [2.75, 3.05) is 13.7 Å². The number of methoxy groups -OCH3 is 1. The molecule has 16 heavy (non-hydrogen) atoms. The van der Waals surface area contributed by atoms with Gasteiger partial charge in [0.1, 0.15) is 11.5 Å². The Bertz CT molecular complexity index is 354. The number of rotatable bonds is 5. The van der Waals surface area contributed by atoms with Gasteiger partial charge < -0.3 is 14.2 Å². The molecule has 0 unspecified atom stereocenters. The number of hydrogen-bond donors (Lipinski definition) is 0. The molecule has 86 valence electrons. The fourth-order valence-electron chi connectivity index (χ4n) is 1.01. The van der Waals surface area contributed by atoms with Crippen molar-refractivity contribution in [2.45, 2.75) is 6.92 Å².